The molecule has 0 spiro atoms. The van der Waals surface area contributed by atoms with E-state index in [0.717, 1.165) is 11.3 Å². The number of carbonyl (C=O) groups excluding carboxylic acids is 1. The van der Waals surface area contributed by atoms with Gasteiger partial charge in [0, 0.05) is 5.56 Å². The predicted molar refractivity (Wildman–Crippen MR) is 98.8 cm³/mol. The lowest BCUT2D eigenvalue weighted by Gasteiger charge is -2.06. The topological polar surface area (TPSA) is 87.2 Å². The Morgan fingerprint density at radius 1 is 1.35 bits per heavy atom. The van der Waals surface area contributed by atoms with Gasteiger partial charge in [-0.2, -0.15) is 0 Å². The third-order valence-electron chi connectivity index (χ3n) is 4.16. The van der Waals surface area contributed by atoms with E-state index in [2.05, 4.69) is 10.1 Å². The number of aryl methyl sites for hydroxylation is 3. The zero-order chi connectivity index (χ0) is 19.0. The van der Waals surface area contributed by atoms with Crippen LogP contribution < -0.4 is 5.56 Å². The second-order valence-corrected chi connectivity index (χ2v) is 7.71. The van der Waals surface area contributed by atoms with Gasteiger partial charge >= 0.3 is 5.97 Å². The zero-order valence-corrected chi connectivity index (χ0v) is 16.3. The number of nitrogens with zero attached hydrogens (tertiary/aromatic N) is 3. The quantitative estimate of drug-likeness (QED) is 0.636. The fourth-order valence-electron chi connectivity index (χ4n) is 2.67. The van der Waals surface area contributed by atoms with Crippen LogP contribution in [-0.2, 0) is 11.3 Å². The normalized spacial score (nSPS) is 11.5. The maximum atomic E-state index is 12.9. The highest BCUT2D eigenvalue weighted by Crippen LogP contribution is 2.27. The van der Waals surface area contributed by atoms with Gasteiger partial charge in [-0.25, -0.2) is 9.78 Å². The highest BCUT2D eigenvalue weighted by Gasteiger charge is 2.21. The van der Waals surface area contributed by atoms with Crippen LogP contribution >= 0.6 is 11.3 Å². The number of hydrogen-bond acceptors (Lipinski definition) is 7. The number of hydrogen-bond donors (Lipinski definition) is 0. The van der Waals surface area contributed by atoms with Crippen molar-refractivity contribution in [1.82, 2.24) is 14.7 Å². The van der Waals surface area contributed by atoms with Gasteiger partial charge in [-0.1, -0.05) is 19.0 Å². The van der Waals surface area contributed by atoms with Crippen LogP contribution in [0.15, 0.2) is 15.6 Å². The third-order valence-corrected chi connectivity index (χ3v) is 5.34. The van der Waals surface area contributed by atoms with Gasteiger partial charge in [-0.15, -0.1) is 11.3 Å². The SMILES string of the molecule is Cc1noc(C)c1Cn1cnc2sc(C(=O)OCC(C)C)c(C)c2c1=O. The molecule has 8 heteroatoms. The monoisotopic (exact) mass is 375 g/mol. The molecule has 0 amide bonds. The number of thiophene rings is 1. The molecule has 0 fully saturated rings. The average molecular weight is 375 g/mol. The first-order chi connectivity index (χ1) is 12.3. The molecule has 0 aromatic carbocycles. The molecule has 0 saturated carbocycles. The minimum absolute atomic E-state index is 0.188. The zero-order valence-electron chi connectivity index (χ0n) is 15.5. The molecule has 3 aromatic heterocycles. The Labute approximate surface area is 154 Å². The van der Waals surface area contributed by atoms with Crippen LogP contribution in [0, 0.1) is 26.7 Å². The van der Waals surface area contributed by atoms with Gasteiger partial charge in [0.2, 0.25) is 0 Å². The summed E-state index contributed by atoms with van der Waals surface area (Å²) in [5, 5.41) is 4.37. The van der Waals surface area contributed by atoms with E-state index in [-0.39, 0.29) is 11.5 Å². The first kappa shape index (κ1) is 18.3. The van der Waals surface area contributed by atoms with E-state index in [1.54, 1.807) is 6.92 Å². The maximum absolute atomic E-state index is 12.9. The maximum Gasteiger partial charge on any atom is 0.348 e. The van der Waals surface area contributed by atoms with Crippen molar-refractivity contribution >= 4 is 27.5 Å². The summed E-state index contributed by atoms with van der Waals surface area (Å²) in [5.41, 5.74) is 2.03. The fraction of sp³-hybridized carbons (Fsp3) is 0.444. The molecular weight excluding hydrogens is 354 g/mol. The van der Waals surface area contributed by atoms with Crippen LogP contribution in [-0.4, -0.2) is 27.3 Å². The molecule has 138 valence electrons. The Bertz CT molecular complexity index is 1010. The van der Waals surface area contributed by atoms with Crippen molar-refractivity contribution in [3.05, 3.63) is 44.1 Å². The Morgan fingerprint density at radius 2 is 2.08 bits per heavy atom. The van der Waals surface area contributed by atoms with Crippen LogP contribution in [0.3, 0.4) is 0 Å². The summed E-state index contributed by atoms with van der Waals surface area (Å²) in [6.45, 7) is 10.0. The summed E-state index contributed by atoms with van der Waals surface area (Å²) in [6, 6.07) is 0. The number of ether oxygens (including phenoxy) is 1. The van der Waals surface area contributed by atoms with E-state index in [1.807, 2.05) is 27.7 Å². The molecule has 26 heavy (non-hydrogen) atoms. The van der Waals surface area contributed by atoms with Crippen molar-refractivity contribution in [3.63, 3.8) is 0 Å². The first-order valence-electron chi connectivity index (χ1n) is 8.37. The molecule has 0 aliphatic heterocycles. The van der Waals surface area contributed by atoms with Gasteiger partial charge < -0.3 is 9.26 Å². The van der Waals surface area contributed by atoms with E-state index < -0.39 is 5.97 Å². The summed E-state index contributed by atoms with van der Waals surface area (Å²) in [5.74, 6) is 0.518. The van der Waals surface area contributed by atoms with Gasteiger partial charge in [0.05, 0.1) is 30.6 Å². The summed E-state index contributed by atoms with van der Waals surface area (Å²) in [7, 11) is 0. The largest absolute Gasteiger partial charge is 0.461 e. The summed E-state index contributed by atoms with van der Waals surface area (Å²) < 4.78 is 12.0. The molecule has 0 unspecified atom stereocenters. The average Bonchev–Trinajstić information content (AvgIpc) is 3.09. The molecule has 0 aliphatic carbocycles. The third kappa shape index (κ3) is 3.29. The standard InChI is InChI=1S/C18H21N3O4S/c1-9(2)7-24-18(23)15-10(3)14-16(26-15)19-8-21(17(14)22)6-13-11(4)20-25-12(13)5/h8-9H,6-7H2,1-5H3. The smallest absolute Gasteiger partial charge is 0.348 e. The van der Waals surface area contributed by atoms with Crippen molar-refractivity contribution in [2.24, 2.45) is 5.92 Å². The molecule has 3 aromatic rings. The van der Waals surface area contributed by atoms with Gasteiger partial charge in [0.25, 0.3) is 5.56 Å². The molecule has 0 aliphatic rings. The van der Waals surface area contributed by atoms with Crippen molar-refractivity contribution < 1.29 is 14.1 Å². The van der Waals surface area contributed by atoms with Crippen LogP contribution in [0.2, 0.25) is 0 Å². The molecule has 0 atom stereocenters. The van der Waals surface area contributed by atoms with E-state index in [1.165, 1.54) is 22.2 Å². The number of aromatic nitrogens is 3. The van der Waals surface area contributed by atoms with E-state index in [9.17, 15) is 9.59 Å². The van der Waals surface area contributed by atoms with Crippen molar-refractivity contribution in [1.29, 1.82) is 0 Å². The van der Waals surface area contributed by atoms with Gasteiger partial charge in [-0.05, 0) is 32.3 Å². The second-order valence-electron chi connectivity index (χ2n) is 6.71. The lowest BCUT2D eigenvalue weighted by atomic mass is 10.2. The number of fused-ring (bicyclic) bond motifs is 1. The van der Waals surface area contributed by atoms with Crippen molar-refractivity contribution in [2.75, 3.05) is 6.61 Å². The highest BCUT2D eigenvalue weighted by molar-refractivity contribution is 7.20. The number of carbonyl (C=O) groups is 1. The molecule has 0 radical (unpaired) electrons. The summed E-state index contributed by atoms with van der Waals surface area (Å²) in [4.78, 5) is 30.6. The fourth-order valence-corrected chi connectivity index (χ4v) is 3.71. The van der Waals surface area contributed by atoms with Crippen molar-refractivity contribution in [2.45, 2.75) is 41.2 Å². The van der Waals surface area contributed by atoms with Crippen molar-refractivity contribution in [3.8, 4) is 0 Å². The first-order valence-corrected chi connectivity index (χ1v) is 9.18. The molecule has 3 heterocycles. The minimum Gasteiger partial charge on any atom is -0.461 e. The Kier molecular flexibility index (Phi) is 4.95. The van der Waals surface area contributed by atoms with E-state index >= 15 is 0 Å². The summed E-state index contributed by atoms with van der Waals surface area (Å²) >= 11 is 1.19. The number of rotatable bonds is 5. The van der Waals surface area contributed by atoms with Crippen LogP contribution in [0.25, 0.3) is 10.2 Å². The molecule has 7 nitrogen and oxygen atoms in total. The molecule has 0 saturated heterocycles. The van der Waals surface area contributed by atoms with Crippen LogP contribution in [0.5, 0.6) is 0 Å². The Balaban J connectivity index is 2.00. The van der Waals surface area contributed by atoms with E-state index in [4.69, 9.17) is 9.26 Å². The second kappa shape index (κ2) is 7.03. The van der Waals surface area contributed by atoms with Crippen LogP contribution in [0.4, 0.5) is 0 Å². The predicted octanol–water partition coefficient (Wildman–Crippen LogP) is 3.23. The lowest BCUT2D eigenvalue weighted by Crippen LogP contribution is -2.21. The van der Waals surface area contributed by atoms with E-state index in [0.29, 0.717) is 39.6 Å². The number of esters is 1. The van der Waals surface area contributed by atoms with Gasteiger partial charge in [0.15, 0.2) is 0 Å². The van der Waals surface area contributed by atoms with Crippen LogP contribution in [0.1, 0.15) is 46.1 Å². The molecule has 0 N–H and O–H groups in total. The lowest BCUT2D eigenvalue weighted by molar-refractivity contribution is 0.0464. The van der Waals surface area contributed by atoms with Gasteiger partial charge in [-0.3, -0.25) is 9.36 Å². The Morgan fingerprint density at radius 3 is 2.69 bits per heavy atom. The minimum atomic E-state index is -0.407. The van der Waals surface area contributed by atoms with Gasteiger partial charge in [0.1, 0.15) is 15.5 Å². The molecule has 3 rings (SSSR count). The highest BCUT2D eigenvalue weighted by atomic mass is 32.1. The Hall–Kier alpha value is -2.48. The molecule has 0 bridgehead atoms. The summed E-state index contributed by atoms with van der Waals surface area (Å²) in [6.07, 6.45) is 1.50. The molecular formula is C18H21N3O4S.